The number of methoxy groups -OCH3 is 2. The summed E-state index contributed by atoms with van der Waals surface area (Å²) in [6, 6.07) is 15.0. The van der Waals surface area contributed by atoms with Crippen molar-refractivity contribution < 1.29 is 19.0 Å². The summed E-state index contributed by atoms with van der Waals surface area (Å²) in [4.78, 5) is 12.7. The average molecular weight is 371 g/mol. The van der Waals surface area contributed by atoms with Crippen molar-refractivity contribution in [2.24, 2.45) is 5.92 Å². The SMILES string of the molecule is COc1ccc([C@@H](CC(C)C)NC(=O)[C@@H](C)Oc2ccccc2OC)cc1. The highest BCUT2D eigenvalue weighted by Crippen LogP contribution is 2.27. The zero-order valence-corrected chi connectivity index (χ0v) is 16.7. The van der Waals surface area contributed by atoms with E-state index in [0.717, 1.165) is 17.7 Å². The first kappa shape index (κ1) is 20.6. The zero-order valence-electron chi connectivity index (χ0n) is 16.7. The van der Waals surface area contributed by atoms with Crippen LogP contribution in [0.3, 0.4) is 0 Å². The van der Waals surface area contributed by atoms with Crippen LogP contribution in [-0.2, 0) is 4.79 Å². The van der Waals surface area contributed by atoms with Crippen LogP contribution in [-0.4, -0.2) is 26.2 Å². The second kappa shape index (κ2) is 9.86. The molecule has 0 spiro atoms. The minimum Gasteiger partial charge on any atom is -0.497 e. The van der Waals surface area contributed by atoms with Crippen molar-refractivity contribution in [2.45, 2.75) is 39.3 Å². The van der Waals surface area contributed by atoms with Crippen LogP contribution in [0.1, 0.15) is 38.8 Å². The standard InChI is InChI=1S/C22H29NO4/c1-15(2)14-19(17-10-12-18(25-4)13-11-17)23-22(24)16(3)27-21-9-7-6-8-20(21)26-5/h6-13,15-16,19H,14H2,1-5H3,(H,23,24)/t16-,19-/m1/s1. The Hall–Kier alpha value is -2.69. The Bertz CT molecular complexity index is 727. The molecule has 2 aromatic carbocycles. The topological polar surface area (TPSA) is 56.8 Å². The minimum absolute atomic E-state index is 0.0906. The molecule has 0 aromatic heterocycles. The summed E-state index contributed by atoms with van der Waals surface area (Å²) in [5.41, 5.74) is 1.04. The van der Waals surface area contributed by atoms with Gasteiger partial charge in [0.2, 0.25) is 0 Å². The zero-order chi connectivity index (χ0) is 19.8. The quantitative estimate of drug-likeness (QED) is 0.711. The molecule has 0 saturated carbocycles. The fraction of sp³-hybridized carbons (Fsp3) is 0.409. The van der Waals surface area contributed by atoms with E-state index in [0.29, 0.717) is 17.4 Å². The van der Waals surface area contributed by atoms with Gasteiger partial charge in [-0.1, -0.05) is 38.1 Å². The summed E-state index contributed by atoms with van der Waals surface area (Å²) in [5, 5.41) is 3.11. The fourth-order valence-corrected chi connectivity index (χ4v) is 2.84. The van der Waals surface area contributed by atoms with Gasteiger partial charge < -0.3 is 19.5 Å². The maximum atomic E-state index is 12.7. The first-order valence-corrected chi connectivity index (χ1v) is 9.18. The van der Waals surface area contributed by atoms with Gasteiger partial charge in [-0.25, -0.2) is 0 Å². The molecule has 0 radical (unpaired) electrons. The predicted octanol–water partition coefficient (Wildman–Crippen LogP) is 4.37. The summed E-state index contributed by atoms with van der Waals surface area (Å²) in [7, 11) is 3.22. The Kier molecular flexibility index (Phi) is 7.53. The second-order valence-corrected chi connectivity index (χ2v) is 6.87. The van der Waals surface area contributed by atoms with Crippen LogP contribution in [0.25, 0.3) is 0 Å². The van der Waals surface area contributed by atoms with E-state index in [1.54, 1.807) is 33.3 Å². The van der Waals surface area contributed by atoms with Gasteiger partial charge in [0.05, 0.1) is 20.3 Å². The highest BCUT2D eigenvalue weighted by atomic mass is 16.5. The number of nitrogens with one attached hydrogen (secondary N) is 1. The van der Waals surface area contributed by atoms with Crippen LogP contribution in [0.2, 0.25) is 0 Å². The number of hydrogen-bond donors (Lipinski definition) is 1. The Morgan fingerprint density at radius 3 is 2.11 bits per heavy atom. The lowest BCUT2D eigenvalue weighted by molar-refractivity contribution is -0.128. The number of carbonyl (C=O) groups excluding carboxylic acids is 1. The van der Waals surface area contributed by atoms with Crippen molar-refractivity contribution in [1.82, 2.24) is 5.32 Å². The van der Waals surface area contributed by atoms with Crippen molar-refractivity contribution in [3.8, 4) is 17.2 Å². The van der Waals surface area contributed by atoms with Gasteiger partial charge in [0.1, 0.15) is 5.75 Å². The second-order valence-electron chi connectivity index (χ2n) is 6.87. The van der Waals surface area contributed by atoms with Gasteiger partial charge >= 0.3 is 0 Å². The molecule has 2 rings (SSSR count). The van der Waals surface area contributed by atoms with Gasteiger partial charge in [-0.15, -0.1) is 0 Å². The third kappa shape index (κ3) is 5.91. The lowest BCUT2D eigenvalue weighted by atomic mass is 9.96. The van der Waals surface area contributed by atoms with Crippen molar-refractivity contribution in [2.75, 3.05) is 14.2 Å². The maximum absolute atomic E-state index is 12.7. The van der Waals surface area contributed by atoms with E-state index in [1.807, 2.05) is 36.4 Å². The molecular weight excluding hydrogens is 342 g/mol. The third-order valence-corrected chi connectivity index (χ3v) is 4.28. The molecule has 2 aromatic rings. The van der Waals surface area contributed by atoms with Gasteiger partial charge in [0, 0.05) is 0 Å². The smallest absolute Gasteiger partial charge is 0.261 e. The molecular formula is C22H29NO4. The van der Waals surface area contributed by atoms with Crippen LogP contribution in [0, 0.1) is 5.92 Å². The molecule has 146 valence electrons. The summed E-state index contributed by atoms with van der Waals surface area (Å²) in [5.74, 6) is 2.21. The van der Waals surface area contributed by atoms with Crippen molar-refractivity contribution in [3.63, 3.8) is 0 Å². The molecule has 0 bridgehead atoms. The maximum Gasteiger partial charge on any atom is 0.261 e. The Morgan fingerprint density at radius 1 is 0.926 bits per heavy atom. The van der Waals surface area contributed by atoms with E-state index in [9.17, 15) is 4.79 Å². The molecule has 2 atom stereocenters. The summed E-state index contributed by atoms with van der Waals surface area (Å²) < 4.78 is 16.3. The van der Waals surface area contributed by atoms with Gasteiger partial charge in [0.25, 0.3) is 5.91 Å². The number of rotatable bonds is 9. The molecule has 0 unspecified atom stereocenters. The van der Waals surface area contributed by atoms with Crippen molar-refractivity contribution in [1.29, 1.82) is 0 Å². The molecule has 0 aliphatic carbocycles. The molecule has 5 nitrogen and oxygen atoms in total. The number of hydrogen-bond acceptors (Lipinski definition) is 4. The number of amides is 1. The van der Waals surface area contributed by atoms with E-state index in [4.69, 9.17) is 14.2 Å². The molecule has 0 saturated heterocycles. The summed E-state index contributed by atoms with van der Waals surface area (Å²) >= 11 is 0. The number of carbonyl (C=O) groups is 1. The van der Waals surface area contributed by atoms with Gasteiger partial charge in [-0.2, -0.15) is 0 Å². The lowest BCUT2D eigenvalue weighted by Crippen LogP contribution is -2.39. The van der Waals surface area contributed by atoms with Gasteiger partial charge in [-0.05, 0) is 49.1 Å². The predicted molar refractivity (Wildman–Crippen MR) is 106 cm³/mol. The van der Waals surface area contributed by atoms with E-state index >= 15 is 0 Å². The van der Waals surface area contributed by atoms with Crippen LogP contribution in [0.15, 0.2) is 48.5 Å². The molecule has 1 amide bonds. The number of benzene rings is 2. The molecule has 0 heterocycles. The number of ether oxygens (including phenoxy) is 3. The summed E-state index contributed by atoms with van der Waals surface area (Å²) in [6.45, 7) is 6.01. The first-order valence-electron chi connectivity index (χ1n) is 9.18. The van der Waals surface area contributed by atoms with Gasteiger partial charge in [0.15, 0.2) is 17.6 Å². The minimum atomic E-state index is -0.644. The highest BCUT2D eigenvalue weighted by Gasteiger charge is 2.22. The number of para-hydroxylation sites is 2. The Morgan fingerprint density at radius 2 is 1.56 bits per heavy atom. The molecule has 27 heavy (non-hydrogen) atoms. The van der Waals surface area contributed by atoms with Crippen LogP contribution in [0.4, 0.5) is 0 Å². The van der Waals surface area contributed by atoms with E-state index in [1.165, 1.54) is 0 Å². The first-order chi connectivity index (χ1) is 12.9. The normalized spacial score (nSPS) is 13.0. The molecule has 5 heteroatoms. The third-order valence-electron chi connectivity index (χ3n) is 4.28. The Labute approximate surface area is 161 Å². The molecule has 0 aliphatic heterocycles. The largest absolute Gasteiger partial charge is 0.497 e. The van der Waals surface area contributed by atoms with Crippen LogP contribution < -0.4 is 19.5 Å². The molecule has 1 N–H and O–H groups in total. The van der Waals surface area contributed by atoms with E-state index in [-0.39, 0.29) is 11.9 Å². The Balaban J connectivity index is 2.09. The average Bonchev–Trinajstić information content (AvgIpc) is 2.67. The molecule has 0 aliphatic rings. The fourth-order valence-electron chi connectivity index (χ4n) is 2.84. The van der Waals surface area contributed by atoms with E-state index in [2.05, 4.69) is 19.2 Å². The van der Waals surface area contributed by atoms with Crippen LogP contribution in [0.5, 0.6) is 17.2 Å². The van der Waals surface area contributed by atoms with Crippen molar-refractivity contribution in [3.05, 3.63) is 54.1 Å². The monoisotopic (exact) mass is 371 g/mol. The summed E-state index contributed by atoms with van der Waals surface area (Å²) in [6.07, 6.45) is 0.189. The van der Waals surface area contributed by atoms with E-state index < -0.39 is 6.10 Å². The van der Waals surface area contributed by atoms with Crippen LogP contribution >= 0.6 is 0 Å². The van der Waals surface area contributed by atoms with Crippen molar-refractivity contribution >= 4 is 5.91 Å². The highest BCUT2D eigenvalue weighted by molar-refractivity contribution is 5.81. The molecule has 0 fully saturated rings. The van der Waals surface area contributed by atoms with Gasteiger partial charge in [-0.3, -0.25) is 4.79 Å². The lowest BCUT2D eigenvalue weighted by Gasteiger charge is -2.24.